The minimum atomic E-state index is 0.250. The maximum atomic E-state index is 7.88. The summed E-state index contributed by atoms with van der Waals surface area (Å²) in [6, 6.07) is 0. The van der Waals surface area contributed by atoms with Crippen molar-refractivity contribution in [3.8, 4) is 0 Å². The Kier molecular flexibility index (Phi) is 133. The second-order valence-electron chi connectivity index (χ2n) is 2.40. The molecule has 112 valence electrons. The lowest BCUT2D eigenvalue weighted by Crippen LogP contribution is -1.69. The van der Waals surface area contributed by atoms with Crippen LogP contribution in [0.2, 0.25) is 0 Å². The molecule has 0 heterocycles. The van der Waals surface area contributed by atoms with Crippen molar-refractivity contribution < 1.29 is 25.5 Å². The van der Waals surface area contributed by atoms with Crippen molar-refractivity contribution in [3.63, 3.8) is 0 Å². The van der Waals surface area contributed by atoms with Crippen LogP contribution in [-0.2, 0) is 0 Å². The third-order valence-electron chi connectivity index (χ3n) is 0.447. The van der Waals surface area contributed by atoms with Crippen LogP contribution in [0.25, 0.3) is 0 Å². The monoisotopic (exact) mass is 258 g/mol. The second-order valence-corrected chi connectivity index (χ2v) is 2.40. The molecule has 0 spiro atoms. The minimum Gasteiger partial charge on any atom is -0.397 e. The summed E-state index contributed by atoms with van der Waals surface area (Å²) in [5.41, 5.74) is 0. The van der Waals surface area contributed by atoms with E-state index in [0.717, 1.165) is 12.8 Å². The van der Waals surface area contributed by atoms with Gasteiger partial charge in [0.25, 0.3) is 0 Å². The van der Waals surface area contributed by atoms with Crippen LogP contribution >= 0.6 is 0 Å². The highest BCUT2D eigenvalue weighted by Crippen LogP contribution is 1.61. The fraction of sp³-hybridized carbons (Fsp3) is 1.00. The van der Waals surface area contributed by atoms with Gasteiger partial charge in [-0.25, -0.2) is 0 Å². The minimum absolute atomic E-state index is 0.250. The van der Waals surface area contributed by atoms with Gasteiger partial charge >= 0.3 is 0 Å². The molecule has 0 saturated heterocycles. The standard InChI is InChI=1S/2C3H8O.3C2H6O/c2*1-2-3-4;3*1-2-3/h2*4H,2-3H2,1H3;3*3H,2H2,1H3. The van der Waals surface area contributed by atoms with Crippen molar-refractivity contribution in [2.45, 2.75) is 47.5 Å². The Hall–Kier alpha value is -0.200. The average Bonchev–Trinajstić information content (AvgIpc) is 2.32. The van der Waals surface area contributed by atoms with E-state index >= 15 is 0 Å². The van der Waals surface area contributed by atoms with E-state index in [2.05, 4.69) is 0 Å². The quantitative estimate of drug-likeness (QED) is 0.504. The van der Waals surface area contributed by atoms with E-state index in [9.17, 15) is 0 Å². The zero-order valence-corrected chi connectivity index (χ0v) is 12.2. The molecule has 0 aromatic heterocycles. The molecule has 0 aromatic carbocycles. The molecular formula is C12H34O5. The first kappa shape index (κ1) is 30.1. The summed E-state index contributed by atoms with van der Waals surface area (Å²) in [4.78, 5) is 0. The van der Waals surface area contributed by atoms with Crippen LogP contribution in [0.5, 0.6) is 0 Å². The molecule has 0 aromatic rings. The third-order valence-corrected chi connectivity index (χ3v) is 0.447. The third kappa shape index (κ3) is 929. The molecule has 0 aliphatic heterocycles. The van der Waals surface area contributed by atoms with Gasteiger partial charge in [-0.1, -0.05) is 13.8 Å². The molecule has 0 rings (SSSR count). The van der Waals surface area contributed by atoms with Gasteiger partial charge in [-0.15, -0.1) is 0 Å². The fourth-order valence-electron chi connectivity index (χ4n) is 0. The average molecular weight is 258 g/mol. The van der Waals surface area contributed by atoms with Crippen LogP contribution in [0.4, 0.5) is 0 Å². The smallest absolute Gasteiger partial charge is 0.0428 e. The SMILES string of the molecule is CCCO.CCCO.CCO.CCO.CCO. The maximum absolute atomic E-state index is 7.88. The molecule has 0 saturated carbocycles. The van der Waals surface area contributed by atoms with Crippen molar-refractivity contribution in [2.24, 2.45) is 0 Å². The van der Waals surface area contributed by atoms with Crippen LogP contribution in [0.15, 0.2) is 0 Å². The Morgan fingerprint density at radius 3 is 0.529 bits per heavy atom. The fourth-order valence-corrected chi connectivity index (χ4v) is 0. The molecule has 0 unspecified atom stereocenters. The zero-order valence-electron chi connectivity index (χ0n) is 12.2. The van der Waals surface area contributed by atoms with E-state index in [4.69, 9.17) is 25.5 Å². The van der Waals surface area contributed by atoms with Crippen molar-refractivity contribution in [1.29, 1.82) is 0 Å². The largest absolute Gasteiger partial charge is 0.397 e. The highest BCUT2D eigenvalue weighted by molar-refractivity contribution is 4.10. The lowest BCUT2D eigenvalue weighted by Gasteiger charge is -1.69. The van der Waals surface area contributed by atoms with Gasteiger partial charge in [-0.05, 0) is 33.6 Å². The summed E-state index contributed by atoms with van der Waals surface area (Å²) in [7, 11) is 0. The molecular weight excluding hydrogens is 224 g/mol. The highest BCUT2D eigenvalue weighted by Gasteiger charge is 1.57. The van der Waals surface area contributed by atoms with Gasteiger partial charge in [0.1, 0.15) is 0 Å². The van der Waals surface area contributed by atoms with Gasteiger partial charge in [0.15, 0.2) is 0 Å². The molecule has 0 fully saturated rings. The van der Waals surface area contributed by atoms with E-state index in [1.807, 2.05) is 13.8 Å². The van der Waals surface area contributed by atoms with E-state index in [-0.39, 0.29) is 19.8 Å². The summed E-state index contributed by atoms with van der Waals surface area (Å²) in [5, 5.41) is 38.5. The summed E-state index contributed by atoms with van der Waals surface area (Å²) in [6.45, 7) is 10.3. The molecule has 0 radical (unpaired) electrons. The first-order chi connectivity index (χ1) is 8.07. The molecule has 5 N–H and O–H groups in total. The van der Waals surface area contributed by atoms with E-state index in [0.29, 0.717) is 13.2 Å². The first-order valence-electron chi connectivity index (χ1n) is 6.12. The van der Waals surface area contributed by atoms with Gasteiger partial charge in [0.2, 0.25) is 0 Å². The van der Waals surface area contributed by atoms with Gasteiger partial charge in [0, 0.05) is 33.0 Å². The number of hydrogen-bond donors (Lipinski definition) is 5. The second kappa shape index (κ2) is 74.8. The van der Waals surface area contributed by atoms with Gasteiger partial charge in [-0.2, -0.15) is 0 Å². The van der Waals surface area contributed by atoms with Crippen molar-refractivity contribution in [3.05, 3.63) is 0 Å². The molecule has 0 aliphatic rings. The zero-order chi connectivity index (χ0) is 14.9. The van der Waals surface area contributed by atoms with E-state index < -0.39 is 0 Å². The van der Waals surface area contributed by atoms with E-state index in [1.54, 1.807) is 20.8 Å². The molecule has 5 nitrogen and oxygen atoms in total. The lowest BCUT2D eigenvalue weighted by molar-refractivity contribution is 0.294. The summed E-state index contributed by atoms with van der Waals surface area (Å²) in [5.74, 6) is 0. The van der Waals surface area contributed by atoms with E-state index in [1.165, 1.54) is 0 Å². The van der Waals surface area contributed by atoms with Crippen LogP contribution in [0, 0.1) is 0 Å². The Bertz CT molecular complexity index is 41.4. The van der Waals surface area contributed by atoms with Gasteiger partial charge in [0.05, 0.1) is 0 Å². The van der Waals surface area contributed by atoms with Crippen LogP contribution in [-0.4, -0.2) is 58.6 Å². The molecule has 0 atom stereocenters. The Morgan fingerprint density at radius 1 is 0.471 bits per heavy atom. The number of aliphatic hydroxyl groups excluding tert-OH is 5. The number of aliphatic hydroxyl groups is 5. The van der Waals surface area contributed by atoms with Gasteiger partial charge < -0.3 is 25.5 Å². The van der Waals surface area contributed by atoms with Crippen molar-refractivity contribution in [1.82, 2.24) is 0 Å². The summed E-state index contributed by atoms with van der Waals surface area (Å²) >= 11 is 0. The Labute approximate surface area is 107 Å². The lowest BCUT2D eigenvalue weighted by atomic mass is 10.5. The van der Waals surface area contributed by atoms with Crippen LogP contribution in [0.3, 0.4) is 0 Å². The molecule has 0 bridgehead atoms. The molecule has 0 amide bonds. The predicted octanol–water partition coefficient (Wildman–Crippen LogP) is 0.773. The predicted molar refractivity (Wildman–Crippen MR) is 73.0 cm³/mol. The summed E-state index contributed by atoms with van der Waals surface area (Å²) < 4.78 is 0. The Morgan fingerprint density at radius 2 is 0.529 bits per heavy atom. The summed E-state index contributed by atoms with van der Waals surface area (Å²) in [6.07, 6.45) is 1.75. The van der Waals surface area contributed by atoms with Crippen LogP contribution in [0.1, 0.15) is 47.5 Å². The van der Waals surface area contributed by atoms with Crippen molar-refractivity contribution in [2.75, 3.05) is 33.0 Å². The Balaban J connectivity index is -0.0000000356. The first-order valence-corrected chi connectivity index (χ1v) is 6.12. The normalized spacial score (nSPS) is 6.71. The molecule has 0 aliphatic carbocycles. The highest BCUT2D eigenvalue weighted by atomic mass is 16.3. The van der Waals surface area contributed by atoms with Crippen molar-refractivity contribution >= 4 is 0 Å². The maximum Gasteiger partial charge on any atom is 0.0428 e. The van der Waals surface area contributed by atoms with Gasteiger partial charge in [-0.3, -0.25) is 0 Å². The molecule has 17 heavy (non-hydrogen) atoms. The number of hydrogen-bond acceptors (Lipinski definition) is 5. The molecule has 5 heteroatoms. The van der Waals surface area contributed by atoms with Crippen LogP contribution < -0.4 is 0 Å². The number of rotatable bonds is 2. The topological polar surface area (TPSA) is 101 Å².